The number of nitrogens with one attached hydrogen (secondary N) is 1. The Bertz CT molecular complexity index is 567. The largest absolute Gasteiger partial charge is 0.506 e. The van der Waals surface area contributed by atoms with E-state index in [2.05, 4.69) is 5.32 Å². The molecule has 0 heterocycles. The van der Waals surface area contributed by atoms with Crippen LogP contribution >= 0.6 is 0 Å². The smallest absolute Gasteiger partial charge is 0.253 e. The van der Waals surface area contributed by atoms with E-state index < -0.39 is 21.8 Å². The van der Waals surface area contributed by atoms with Gasteiger partial charge in [-0.15, -0.1) is 0 Å². The Balaban J connectivity index is 3.09. The van der Waals surface area contributed by atoms with Crippen LogP contribution in [-0.2, 0) is 19.4 Å². The molecule has 0 aromatic heterocycles. The molecular formula is C12H17NO5S. The maximum absolute atomic E-state index is 11.7. The van der Waals surface area contributed by atoms with E-state index in [4.69, 9.17) is 4.74 Å². The van der Waals surface area contributed by atoms with Gasteiger partial charge in [-0.2, -0.15) is 0 Å². The number of hydrogen-bond donors (Lipinski definition) is 2. The van der Waals surface area contributed by atoms with Crippen molar-refractivity contribution < 1.29 is 23.1 Å². The first kappa shape index (κ1) is 15.5. The number of rotatable bonds is 5. The molecule has 0 aliphatic rings. The van der Waals surface area contributed by atoms with Crippen LogP contribution in [0, 0.1) is 0 Å². The van der Waals surface area contributed by atoms with Crippen LogP contribution in [0.15, 0.2) is 23.1 Å². The van der Waals surface area contributed by atoms with Gasteiger partial charge in [0.2, 0.25) is 0 Å². The average Bonchev–Trinajstić information content (AvgIpc) is 2.39. The highest BCUT2D eigenvalue weighted by Crippen LogP contribution is 2.27. The number of benzene rings is 1. The van der Waals surface area contributed by atoms with Crippen molar-refractivity contribution in [2.45, 2.75) is 24.8 Å². The molecule has 0 fully saturated rings. The lowest BCUT2D eigenvalue weighted by atomic mass is 10.2. The van der Waals surface area contributed by atoms with E-state index in [1.165, 1.54) is 32.2 Å². The van der Waals surface area contributed by atoms with Gasteiger partial charge >= 0.3 is 0 Å². The number of hydrogen-bond acceptors (Lipinski definition) is 5. The molecule has 0 bridgehead atoms. The molecule has 1 amide bonds. The molecule has 0 spiro atoms. The molecule has 2 N–H and O–H groups in total. The molecular weight excluding hydrogens is 270 g/mol. The third-order valence-electron chi connectivity index (χ3n) is 2.69. The molecule has 6 nitrogen and oxygen atoms in total. The van der Waals surface area contributed by atoms with Crippen LogP contribution in [0.25, 0.3) is 0 Å². The van der Waals surface area contributed by atoms with Gasteiger partial charge in [0.05, 0.1) is 16.3 Å². The third-order valence-corrected chi connectivity index (χ3v) is 4.42. The molecule has 0 aliphatic heterocycles. The fourth-order valence-corrected chi connectivity index (χ4v) is 2.22. The third kappa shape index (κ3) is 3.68. The van der Waals surface area contributed by atoms with E-state index in [0.717, 1.165) is 0 Å². The topological polar surface area (TPSA) is 92.7 Å². The molecule has 1 rings (SSSR count). The summed E-state index contributed by atoms with van der Waals surface area (Å²) in [7, 11) is -2.02. The summed E-state index contributed by atoms with van der Waals surface area (Å²) < 4.78 is 28.3. The minimum atomic E-state index is -3.39. The summed E-state index contributed by atoms with van der Waals surface area (Å²) in [4.78, 5) is 11.7. The van der Waals surface area contributed by atoms with E-state index >= 15 is 0 Å². The number of aromatic hydroxyl groups is 1. The number of sulfone groups is 1. The predicted octanol–water partition coefficient (Wildman–Crippen LogP) is 1.16. The van der Waals surface area contributed by atoms with Gasteiger partial charge in [0.15, 0.2) is 9.84 Å². The van der Waals surface area contributed by atoms with Gasteiger partial charge in [0, 0.05) is 7.11 Å². The second kappa shape index (κ2) is 6.03. The molecule has 0 radical (unpaired) electrons. The van der Waals surface area contributed by atoms with Crippen LogP contribution in [0.1, 0.15) is 13.8 Å². The van der Waals surface area contributed by atoms with Gasteiger partial charge in [-0.05, 0) is 25.1 Å². The average molecular weight is 287 g/mol. The first-order valence-corrected chi connectivity index (χ1v) is 7.36. The zero-order chi connectivity index (χ0) is 14.6. The zero-order valence-corrected chi connectivity index (χ0v) is 11.8. The highest BCUT2D eigenvalue weighted by atomic mass is 32.2. The Morgan fingerprint density at radius 1 is 1.47 bits per heavy atom. The zero-order valence-electron chi connectivity index (χ0n) is 11.0. The Labute approximate surface area is 112 Å². The molecule has 0 aliphatic carbocycles. The molecule has 0 saturated carbocycles. The number of anilines is 1. The van der Waals surface area contributed by atoms with Gasteiger partial charge in [0.1, 0.15) is 11.9 Å². The van der Waals surface area contributed by atoms with Gasteiger partial charge in [-0.3, -0.25) is 4.79 Å². The van der Waals surface area contributed by atoms with Crippen molar-refractivity contribution in [3.63, 3.8) is 0 Å². The van der Waals surface area contributed by atoms with Crippen molar-refractivity contribution in [1.82, 2.24) is 0 Å². The second-order valence-electron chi connectivity index (χ2n) is 3.95. The maximum Gasteiger partial charge on any atom is 0.253 e. The summed E-state index contributed by atoms with van der Waals surface area (Å²) in [6.45, 7) is 3.06. The molecule has 19 heavy (non-hydrogen) atoms. The fraction of sp³-hybridized carbons (Fsp3) is 0.417. The SMILES string of the molecule is CCS(=O)(=O)c1ccc(O)c(NC(=O)C(C)OC)c1. The Hall–Kier alpha value is -1.60. The van der Waals surface area contributed by atoms with Crippen molar-refractivity contribution in [3.05, 3.63) is 18.2 Å². The molecule has 106 valence electrons. The number of methoxy groups -OCH3 is 1. The molecule has 1 aromatic rings. The second-order valence-corrected chi connectivity index (χ2v) is 6.23. The number of carbonyl (C=O) groups is 1. The number of phenolic OH excluding ortho intramolecular Hbond substituents is 1. The number of phenols is 1. The van der Waals surface area contributed by atoms with Crippen LogP contribution in [0.2, 0.25) is 0 Å². The lowest BCUT2D eigenvalue weighted by Crippen LogP contribution is -2.26. The highest BCUT2D eigenvalue weighted by Gasteiger charge is 2.17. The van der Waals surface area contributed by atoms with E-state index in [-0.39, 0.29) is 22.1 Å². The summed E-state index contributed by atoms with van der Waals surface area (Å²) in [6, 6.07) is 3.76. The van der Waals surface area contributed by atoms with Crippen molar-refractivity contribution in [3.8, 4) is 5.75 Å². The van der Waals surface area contributed by atoms with E-state index in [1.807, 2.05) is 0 Å². The van der Waals surface area contributed by atoms with Crippen LogP contribution in [0.3, 0.4) is 0 Å². The quantitative estimate of drug-likeness (QED) is 0.793. The summed E-state index contributed by atoms with van der Waals surface area (Å²) in [5.41, 5.74) is 0.0448. The molecule has 1 unspecified atom stereocenters. The first-order chi connectivity index (χ1) is 8.81. The fourth-order valence-electron chi connectivity index (χ4n) is 1.32. The maximum atomic E-state index is 11.7. The monoisotopic (exact) mass is 287 g/mol. The van der Waals surface area contributed by atoms with Gasteiger partial charge in [0.25, 0.3) is 5.91 Å². The van der Waals surface area contributed by atoms with Crippen molar-refractivity contribution >= 4 is 21.4 Å². The molecule has 1 aromatic carbocycles. The van der Waals surface area contributed by atoms with Crippen LogP contribution in [0.4, 0.5) is 5.69 Å². The van der Waals surface area contributed by atoms with Crippen LogP contribution < -0.4 is 5.32 Å². The lowest BCUT2D eigenvalue weighted by molar-refractivity contribution is -0.124. The molecule has 7 heteroatoms. The van der Waals surface area contributed by atoms with Crippen LogP contribution in [-0.4, -0.2) is 38.4 Å². The predicted molar refractivity (Wildman–Crippen MR) is 70.9 cm³/mol. The number of carbonyl (C=O) groups excluding carboxylic acids is 1. The molecule has 1 atom stereocenters. The highest BCUT2D eigenvalue weighted by molar-refractivity contribution is 7.91. The van der Waals surface area contributed by atoms with Crippen LogP contribution in [0.5, 0.6) is 5.75 Å². The van der Waals surface area contributed by atoms with E-state index in [9.17, 15) is 18.3 Å². The van der Waals surface area contributed by atoms with Gasteiger partial charge in [-0.25, -0.2) is 8.42 Å². The van der Waals surface area contributed by atoms with Crippen molar-refractivity contribution in [1.29, 1.82) is 0 Å². The summed E-state index contributed by atoms with van der Waals surface area (Å²) in [5.74, 6) is -0.727. The van der Waals surface area contributed by atoms with Gasteiger partial charge < -0.3 is 15.2 Å². The summed E-state index contributed by atoms with van der Waals surface area (Å²) >= 11 is 0. The Kier molecular flexibility index (Phi) is 4.90. The normalized spacial score (nSPS) is 13.0. The minimum absolute atomic E-state index is 0.0448. The summed E-state index contributed by atoms with van der Waals surface area (Å²) in [5, 5.41) is 12.0. The lowest BCUT2D eigenvalue weighted by Gasteiger charge is -2.12. The molecule has 0 saturated heterocycles. The van der Waals surface area contributed by atoms with Crippen molar-refractivity contribution in [2.75, 3.05) is 18.2 Å². The van der Waals surface area contributed by atoms with Crippen molar-refractivity contribution in [2.24, 2.45) is 0 Å². The first-order valence-electron chi connectivity index (χ1n) is 5.71. The van der Waals surface area contributed by atoms with Gasteiger partial charge in [-0.1, -0.05) is 6.92 Å². The summed E-state index contributed by atoms with van der Waals surface area (Å²) in [6.07, 6.45) is -0.703. The minimum Gasteiger partial charge on any atom is -0.506 e. The Morgan fingerprint density at radius 3 is 2.63 bits per heavy atom. The van der Waals surface area contributed by atoms with E-state index in [0.29, 0.717) is 0 Å². The van der Waals surface area contributed by atoms with E-state index in [1.54, 1.807) is 6.92 Å². The number of ether oxygens (including phenoxy) is 1. The Morgan fingerprint density at radius 2 is 2.11 bits per heavy atom. The standard InChI is InChI=1S/C12H17NO5S/c1-4-19(16,17)9-5-6-11(14)10(7-9)13-12(15)8(2)18-3/h5-8,14H,4H2,1-3H3,(H,13,15). The number of amides is 1.